The Balaban J connectivity index is 1.82. The van der Waals surface area contributed by atoms with Crippen LogP contribution in [0.15, 0.2) is 28.7 Å². The number of halogens is 1. The molecule has 0 spiro atoms. The summed E-state index contributed by atoms with van der Waals surface area (Å²) in [4.78, 5) is 8.76. The van der Waals surface area contributed by atoms with Crippen LogP contribution in [-0.2, 0) is 11.3 Å². The Morgan fingerprint density at radius 3 is 2.81 bits per heavy atom. The highest BCUT2D eigenvalue weighted by atomic mass is 35.5. The van der Waals surface area contributed by atoms with Crippen molar-refractivity contribution >= 4 is 34.7 Å². The van der Waals surface area contributed by atoms with Gasteiger partial charge in [0.2, 0.25) is 0 Å². The standard InChI is InChI=1S/C19H21ClN6O4S2/c1-10-3-16(12(4-21)22-5-10)32-19(30-15(8-27)11(2)28)14(29)7-26-6-13(24-25-26)18-23-17(20)9-31-18/h3,5-6,9,11,14-15,19,27-29H,7-8H2,1-2H3/t11-,14+,15?,19?/m1/s1. The number of pyridine rings is 1. The van der Waals surface area contributed by atoms with Gasteiger partial charge in [0.1, 0.15) is 39.6 Å². The molecule has 0 aliphatic heterocycles. The number of hydrogen-bond donors (Lipinski definition) is 3. The molecule has 0 radical (unpaired) electrons. The molecule has 3 rings (SSSR count). The Morgan fingerprint density at radius 2 is 2.19 bits per heavy atom. The van der Waals surface area contributed by atoms with Crippen molar-refractivity contribution in [2.24, 2.45) is 0 Å². The maximum absolute atomic E-state index is 10.9. The van der Waals surface area contributed by atoms with Crippen LogP contribution in [0.3, 0.4) is 0 Å². The van der Waals surface area contributed by atoms with Gasteiger partial charge in [-0.25, -0.2) is 14.6 Å². The van der Waals surface area contributed by atoms with Gasteiger partial charge in [-0.15, -0.1) is 16.4 Å². The fourth-order valence-electron chi connectivity index (χ4n) is 2.66. The van der Waals surface area contributed by atoms with Crippen molar-refractivity contribution in [3.8, 4) is 16.8 Å². The quantitative estimate of drug-likeness (QED) is 0.280. The second-order valence-corrected chi connectivity index (χ2v) is 9.31. The first-order valence-electron chi connectivity index (χ1n) is 9.48. The molecule has 3 aromatic heterocycles. The second-order valence-electron chi connectivity index (χ2n) is 6.92. The zero-order valence-electron chi connectivity index (χ0n) is 17.2. The normalized spacial score (nSPS) is 15.2. The first-order chi connectivity index (χ1) is 15.3. The summed E-state index contributed by atoms with van der Waals surface area (Å²) in [7, 11) is 0. The number of aryl methyl sites for hydroxylation is 1. The molecule has 10 nitrogen and oxygen atoms in total. The number of hydrogen-bond acceptors (Lipinski definition) is 11. The van der Waals surface area contributed by atoms with Crippen LogP contribution >= 0.6 is 34.7 Å². The Hall–Kier alpha value is -2.11. The van der Waals surface area contributed by atoms with E-state index in [2.05, 4.69) is 20.3 Å². The molecule has 4 atom stereocenters. The predicted molar refractivity (Wildman–Crippen MR) is 119 cm³/mol. The molecule has 0 bridgehead atoms. The first kappa shape index (κ1) is 24.5. The van der Waals surface area contributed by atoms with E-state index >= 15 is 0 Å². The molecule has 13 heteroatoms. The van der Waals surface area contributed by atoms with Gasteiger partial charge in [-0.2, -0.15) is 5.26 Å². The third kappa shape index (κ3) is 6.23. The maximum atomic E-state index is 10.9. The monoisotopic (exact) mass is 496 g/mol. The third-order valence-electron chi connectivity index (χ3n) is 4.29. The van der Waals surface area contributed by atoms with E-state index in [-0.39, 0.29) is 12.2 Å². The molecular weight excluding hydrogens is 476 g/mol. The zero-order valence-corrected chi connectivity index (χ0v) is 19.5. The lowest BCUT2D eigenvalue weighted by atomic mass is 10.2. The van der Waals surface area contributed by atoms with Gasteiger partial charge in [0, 0.05) is 16.5 Å². The summed E-state index contributed by atoms with van der Waals surface area (Å²) < 4.78 is 7.25. The van der Waals surface area contributed by atoms with Gasteiger partial charge >= 0.3 is 0 Å². The van der Waals surface area contributed by atoms with Gasteiger partial charge in [-0.1, -0.05) is 28.6 Å². The van der Waals surface area contributed by atoms with Crippen LogP contribution in [-0.4, -0.2) is 70.6 Å². The molecule has 0 aromatic carbocycles. The Kier molecular flexibility index (Phi) is 8.55. The van der Waals surface area contributed by atoms with Crippen LogP contribution in [0.4, 0.5) is 0 Å². The Bertz CT molecular complexity index is 1090. The topological polar surface area (TPSA) is 150 Å². The largest absolute Gasteiger partial charge is 0.394 e. The van der Waals surface area contributed by atoms with E-state index < -0.39 is 30.4 Å². The summed E-state index contributed by atoms with van der Waals surface area (Å²) in [6, 6.07) is 3.78. The van der Waals surface area contributed by atoms with E-state index in [0.29, 0.717) is 20.8 Å². The molecule has 0 fully saturated rings. The van der Waals surface area contributed by atoms with Crippen LogP contribution in [0.2, 0.25) is 5.15 Å². The van der Waals surface area contributed by atoms with Gasteiger partial charge in [-0.05, 0) is 25.5 Å². The van der Waals surface area contributed by atoms with E-state index in [4.69, 9.17) is 16.3 Å². The minimum Gasteiger partial charge on any atom is -0.394 e. The number of nitrogens with zero attached hydrogens (tertiary/aromatic N) is 6. The van der Waals surface area contributed by atoms with Crippen LogP contribution in [0.1, 0.15) is 18.2 Å². The van der Waals surface area contributed by atoms with Crippen molar-refractivity contribution in [2.45, 2.75) is 49.0 Å². The van der Waals surface area contributed by atoms with Crippen molar-refractivity contribution in [1.82, 2.24) is 25.0 Å². The minimum atomic E-state index is -1.13. The van der Waals surface area contributed by atoms with Crippen molar-refractivity contribution in [3.05, 3.63) is 40.3 Å². The van der Waals surface area contributed by atoms with Crippen LogP contribution < -0.4 is 0 Å². The fraction of sp³-hybridized carbons (Fsp3) is 0.421. The number of aliphatic hydroxyl groups is 3. The molecule has 0 aliphatic rings. The molecular formula is C19H21ClN6O4S2. The molecule has 0 saturated heterocycles. The summed E-state index contributed by atoms with van der Waals surface area (Å²) >= 11 is 8.26. The Labute approximate surface area is 197 Å². The summed E-state index contributed by atoms with van der Waals surface area (Å²) in [6.45, 7) is 2.87. The maximum Gasteiger partial charge on any atom is 0.154 e. The lowest BCUT2D eigenvalue weighted by Gasteiger charge is -2.28. The number of rotatable bonds is 10. The first-order valence-corrected chi connectivity index (χ1v) is 11.6. The van der Waals surface area contributed by atoms with E-state index in [1.54, 1.807) is 23.8 Å². The smallest absolute Gasteiger partial charge is 0.154 e. The number of thioether (sulfide) groups is 1. The van der Waals surface area contributed by atoms with E-state index in [1.165, 1.54) is 22.9 Å². The molecule has 32 heavy (non-hydrogen) atoms. The molecule has 2 unspecified atom stereocenters. The zero-order chi connectivity index (χ0) is 23.3. The summed E-state index contributed by atoms with van der Waals surface area (Å²) in [5, 5.41) is 50.5. The van der Waals surface area contributed by atoms with Gasteiger partial charge in [0.05, 0.1) is 25.5 Å². The lowest BCUT2D eigenvalue weighted by Crippen LogP contribution is -2.39. The van der Waals surface area contributed by atoms with Gasteiger partial charge < -0.3 is 20.1 Å². The van der Waals surface area contributed by atoms with Crippen molar-refractivity contribution in [1.29, 1.82) is 5.26 Å². The van der Waals surface area contributed by atoms with E-state index in [9.17, 15) is 20.6 Å². The molecule has 0 amide bonds. The molecule has 170 valence electrons. The molecule has 0 saturated carbocycles. The van der Waals surface area contributed by atoms with E-state index in [1.807, 2.05) is 13.0 Å². The number of aliphatic hydroxyl groups excluding tert-OH is 3. The summed E-state index contributed by atoms with van der Waals surface area (Å²) in [5.41, 5.74) is 0.574. The van der Waals surface area contributed by atoms with Gasteiger partial charge in [0.15, 0.2) is 5.69 Å². The minimum absolute atomic E-state index is 0.00284. The highest BCUT2D eigenvalue weighted by Crippen LogP contribution is 2.31. The average molecular weight is 497 g/mol. The number of thiazole rings is 1. The van der Waals surface area contributed by atoms with Crippen LogP contribution in [0.5, 0.6) is 0 Å². The SMILES string of the molecule is Cc1cnc(C#N)c(SC(OC(CO)[C@@H](C)O)[C@@H](O)Cn2cc(-c3nc(Cl)cs3)nn2)c1. The average Bonchev–Trinajstić information content (AvgIpc) is 3.39. The third-order valence-corrected chi connectivity index (χ3v) is 6.70. The molecule has 3 N–H and O–H groups in total. The number of aromatic nitrogens is 5. The molecule has 3 heterocycles. The fourth-order valence-corrected chi connectivity index (χ4v) is 4.71. The van der Waals surface area contributed by atoms with Gasteiger partial charge in [0.25, 0.3) is 0 Å². The van der Waals surface area contributed by atoms with Gasteiger partial charge in [-0.3, -0.25) is 0 Å². The summed E-state index contributed by atoms with van der Waals surface area (Å²) in [5.74, 6) is 0. The predicted octanol–water partition coefficient (Wildman–Crippen LogP) is 1.87. The summed E-state index contributed by atoms with van der Waals surface area (Å²) in [6.07, 6.45) is 0.147. The highest BCUT2D eigenvalue weighted by Gasteiger charge is 2.29. The number of ether oxygens (including phenoxy) is 1. The van der Waals surface area contributed by atoms with Crippen molar-refractivity contribution in [2.75, 3.05) is 6.61 Å². The second kappa shape index (κ2) is 11.2. The van der Waals surface area contributed by atoms with Crippen molar-refractivity contribution in [3.63, 3.8) is 0 Å². The van der Waals surface area contributed by atoms with E-state index in [0.717, 1.165) is 17.3 Å². The van der Waals surface area contributed by atoms with Crippen LogP contribution in [0.25, 0.3) is 10.7 Å². The highest BCUT2D eigenvalue weighted by molar-refractivity contribution is 7.99. The molecule has 0 aliphatic carbocycles. The van der Waals surface area contributed by atoms with Crippen LogP contribution in [0, 0.1) is 18.3 Å². The lowest BCUT2D eigenvalue weighted by molar-refractivity contribution is -0.0972. The van der Waals surface area contributed by atoms with Crippen molar-refractivity contribution < 1.29 is 20.1 Å². The molecule has 3 aromatic rings. The number of nitriles is 1. The Morgan fingerprint density at radius 1 is 1.41 bits per heavy atom.